The predicted octanol–water partition coefficient (Wildman–Crippen LogP) is -0.133. The van der Waals surface area contributed by atoms with E-state index in [1.165, 1.54) is 7.05 Å². The number of carbonyl (C=O) groups excluding carboxylic acids is 1. The highest BCUT2D eigenvalue weighted by Gasteiger charge is 2.15. The summed E-state index contributed by atoms with van der Waals surface area (Å²) in [6, 6.07) is 4.13. The zero-order valence-corrected chi connectivity index (χ0v) is 8.61. The SMILES string of the molecule is CNC(=O)C(N)c1ccc2[nH]c(=O)oc2c1. The number of H-pyrrole nitrogens is 1. The predicted molar refractivity (Wildman–Crippen MR) is 57.8 cm³/mol. The fraction of sp³-hybridized carbons (Fsp3) is 0.200. The second-order valence-corrected chi connectivity index (χ2v) is 3.36. The first-order valence-electron chi connectivity index (χ1n) is 4.72. The molecule has 2 rings (SSSR count). The van der Waals surface area contributed by atoms with E-state index in [-0.39, 0.29) is 5.91 Å². The van der Waals surface area contributed by atoms with E-state index in [1.807, 2.05) is 0 Å². The van der Waals surface area contributed by atoms with Crippen molar-refractivity contribution in [1.29, 1.82) is 0 Å². The van der Waals surface area contributed by atoms with Gasteiger partial charge in [-0.25, -0.2) is 4.79 Å². The highest BCUT2D eigenvalue weighted by molar-refractivity contribution is 5.84. The van der Waals surface area contributed by atoms with Crippen molar-refractivity contribution in [2.75, 3.05) is 7.05 Å². The first-order chi connectivity index (χ1) is 7.61. The molecule has 0 aliphatic carbocycles. The molecular formula is C10H11N3O3. The summed E-state index contributed by atoms with van der Waals surface area (Å²) in [5.41, 5.74) is 7.27. The van der Waals surface area contributed by atoms with Crippen LogP contribution in [0.5, 0.6) is 0 Å². The molecule has 1 amide bonds. The third-order valence-corrected chi connectivity index (χ3v) is 2.33. The molecule has 4 N–H and O–H groups in total. The van der Waals surface area contributed by atoms with Crippen molar-refractivity contribution >= 4 is 17.0 Å². The number of aromatic amines is 1. The second-order valence-electron chi connectivity index (χ2n) is 3.36. The summed E-state index contributed by atoms with van der Waals surface area (Å²) < 4.78 is 4.87. The van der Waals surface area contributed by atoms with Crippen molar-refractivity contribution in [2.24, 2.45) is 5.73 Å². The van der Waals surface area contributed by atoms with E-state index in [0.29, 0.717) is 16.7 Å². The lowest BCUT2D eigenvalue weighted by molar-refractivity contribution is -0.121. The largest absolute Gasteiger partial charge is 0.417 e. The van der Waals surface area contributed by atoms with Crippen LogP contribution >= 0.6 is 0 Å². The van der Waals surface area contributed by atoms with Gasteiger partial charge in [0.2, 0.25) is 5.91 Å². The van der Waals surface area contributed by atoms with E-state index in [0.717, 1.165) is 0 Å². The summed E-state index contributed by atoms with van der Waals surface area (Å²) in [7, 11) is 1.51. The van der Waals surface area contributed by atoms with Crippen LogP contribution in [0.4, 0.5) is 0 Å². The Morgan fingerprint density at radius 1 is 1.56 bits per heavy atom. The minimum absolute atomic E-state index is 0.294. The Kier molecular flexibility index (Phi) is 2.49. The molecule has 0 spiro atoms. The molecule has 0 saturated heterocycles. The van der Waals surface area contributed by atoms with Crippen LogP contribution in [0.2, 0.25) is 0 Å². The Labute approximate surface area is 90.4 Å². The van der Waals surface area contributed by atoms with Gasteiger partial charge in [-0.3, -0.25) is 9.78 Å². The number of benzene rings is 1. The molecule has 84 valence electrons. The van der Waals surface area contributed by atoms with Gasteiger partial charge in [0.25, 0.3) is 0 Å². The third-order valence-electron chi connectivity index (χ3n) is 2.33. The van der Waals surface area contributed by atoms with E-state index in [9.17, 15) is 9.59 Å². The van der Waals surface area contributed by atoms with Crippen molar-refractivity contribution in [3.63, 3.8) is 0 Å². The Morgan fingerprint density at radius 2 is 2.31 bits per heavy atom. The summed E-state index contributed by atoms with van der Waals surface area (Å²) >= 11 is 0. The first kappa shape index (κ1) is 10.4. The molecule has 0 radical (unpaired) electrons. The molecule has 1 unspecified atom stereocenters. The molecule has 0 fully saturated rings. The molecule has 0 aliphatic heterocycles. The number of hydrogen-bond acceptors (Lipinski definition) is 4. The summed E-state index contributed by atoms with van der Waals surface area (Å²) in [6.07, 6.45) is 0. The van der Waals surface area contributed by atoms with Crippen LogP contribution in [0, 0.1) is 0 Å². The molecule has 6 heteroatoms. The van der Waals surface area contributed by atoms with Gasteiger partial charge in [0.15, 0.2) is 5.58 Å². The Morgan fingerprint density at radius 3 is 3.00 bits per heavy atom. The van der Waals surface area contributed by atoms with Crippen molar-refractivity contribution in [3.05, 3.63) is 34.3 Å². The van der Waals surface area contributed by atoms with E-state index >= 15 is 0 Å². The Hall–Kier alpha value is -2.08. The Balaban J connectivity index is 2.46. The van der Waals surface area contributed by atoms with Crippen molar-refractivity contribution in [1.82, 2.24) is 10.3 Å². The third kappa shape index (κ3) is 1.70. The van der Waals surface area contributed by atoms with Crippen LogP contribution in [-0.4, -0.2) is 17.9 Å². The number of aromatic nitrogens is 1. The van der Waals surface area contributed by atoms with Crippen LogP contribution in [0.1, 0.15) is 11.6 Å². The molecule has 1 atom stereocenters. The molecular weight excluding hydrogens is 210 g/mol. The van der Waals surface area contributed by atoms with Crippen LogP contribution in [0.25, 0.3) is 11.1 Å². The standard InChI is InChI=1S/C10H11N3O3/c1-12-9(14)8(11)5-2-3-6-7(4-5)16-10(15)13-6/h2-4,8H,11H2,1H3,(H,12,14)(H,13,15). The lowest BCUT2D eigenvalue weighted by Gasteiger charge is -2.09. The highest BCUT2D eigenvalue weighted by atomic mass is 16.4. The lowest BCUT2D eigenvalue weighted by atomic mass is 10.1. The number of rotatable bonds is 2. The van der Waals surface area contributed by atoms with Gasteiger partial charge in [0.05, 0.1) is 5.52 Å². The number of carbonyl (C=O) groups is 1. The van der Waals surface area contributed by atoms with E-state index < -0.39 is 11.8 Å². The quantitative estimate of drug-likeness (QED) is 0.657. The average molecular weight is 221 g/mol. The van der Waals surface area contributed by atoms with Gasteiger partial charge in [-0.05, 0) is 17.7 Å². The van der Waals surface area contributed by atoms with Gasteiger partial charge in [-0.2, -0.15) is 0 Å². The number of oxazole rings is 1. The maximum atomic E-state index is 11.3. The molecule has 16 heavy (non-hydrogen) atoms. The highest BCUT2D eigenvalue weighted by Crippen LogP contribution is 2.17. The van der Waals surface area contributed by atoms with Gasteiger partial charge in [-0.1, -0.05) is 6.07 Å². The zero-order chi connectivity index (χ0) is 11.7. The molecule has 0 aliphatic rings. The summed E-state index contributed by atoms with van der Waals surface area (Å²) in [6.45, 7) is 0. The van der Waals surface area contributed by atoms with E-state index in [2.05, 4.69) is 10.3 Å². The summed E-state index contributed by atoms with van der Waals surface area (Å²) in [5, 5.41) is 2.45. The summed E-state index contributed by atoms with van der Waals surface area (Å²) in [5.74, 6) is -0.821. The van der Waals surface area contributed by atoms with Crippen LogP contribution in [-0.2, 0) is 4.79 Å². The van der Waals surface area contributed by atoms with E-state index in [4.69, 9.17) is 10.2 Å². The normalized spacial score (nSPS) is 12.6. The van der Waals surface area contributed by atoms with Crippen LogP contribution < -0.4 is 16.8 Å². The summed E-state index contributed by atoms with van der Waals surface area (Å²) in [4.78, 5) is 24.7. The van der Waals surface area contributed by atoms with Gasteiger partial charge >= 0.3 is 5.76 Å². The van der Waals surface area contributed by atoms with Crippen molar-refractivity contribution < 1.29 is 9.21 Å². The number of likely N-dealkylation sites (N-methyl/N-ethyl adjacent to an activating group) is 1. The lowest BCUT2D eigenvalue weighted by Crippen LogP contribution is -2.31. The van der Waals surface area contributed by atoms with Crippen molar-refractivity contribution in [3.8, 4) is 0 Å². The molecule has 1 aromatic carbocycles. The number of hydrogen-bond donors (Lipinski definition) is 3. The fourth-order valence-electron chi connectivity index (χ4n) is 1.46. The topological polar surface area (TPSA) is 101 Å². The molecule has 0 saturated carbocycles. The van der Waals surface area contributed by atoms with Gasteiger partial charge in [0.1, 0.15) is 6.04 Å². The maximum Gasteiger partial charge on any atom is 0.417 e. The fourth-order valence-corrected chi connectivity index (χ4v) is 1.46. The maximum absolute atomic E-state index is 11.3. The molecule has 1 heterocycles. The smallest absolute Gasteiger partial charge is 0.408 e. The minimum Gasteiger partial charge on any atom is -0.408 e. The van der Waals surface area contributed by atoms with Gasteiger partial charge < -0.3 is 15.5 Å². The monoisotopic (exact) mass is 221 g/mol. The number of fused-ring (bicyclic) bond motifs is 1. The minimum atomic E-state index is -0.769. The van der Waals surface area contributed by atoms with Crippen molar-refractivity contribution in [2.45, 2.75) is 6.04 Å². The molecule has 2 aromatic rings. The van der Waals surface area contributed by atoms with Gasteiger partial charge in [0, 0.05) is 7.05 Å². The number of nitrogens with two attached hydrogens (primary N) is 1. The second kappa shape index (κ2) is 3.82. The van der Waals surface area contributed by atoms with E-state index in [1.54, 1.807) is 18.2 Å². The average Bonchev–Trinajstić information content (AvgIpc) is 2.65. The first-order valence-corrected chi connectivity index (χ1v) is 4.72. The van der Waals surface area contributed by atoms with Crippen LogP contribution in [0.3, 0.4) is 0 Å². The molecule has 6 nitrogen and oxygen atoms in total. The zero-order valence-electron chi connectivity index (χ0n) is 8.61. The molecule has 1 aromatic heterocycles. The molecule has 0 bridgehead atoms. The number of amides is 1. The van der Waals surface area contributed by atoms with Gasteiger partial charge in [-0.15, -0.1) is 0 Å². The number of nitrogens with one attached hydrogen (secondary N) is 2. The Bertz CT molecular complexity index is 584. The van der Waals surface area contributed by atoms with Crippen LogP contribution in [0.15, 0.2) is 27.4 Å².